The molecule has 1 aliphatic heterocycles. The lowest BCUT2D eigenvalue weighted by atomic mass is 9.55. The molecule has 0 radical (unpaired) electrons. The Balaban J connectivity index is 1.35. The molecule has 0 aromatic heterocycles. The number of methoxy groups -OCH3 is 1. The van der Waals surface area contributed by atoms with E-state index in [-0.39, 0.29) is 27.4 Å². The van der Waals surface area contributed by atoms with Crippen molar-refractivity contribution in [1.82, 2.24) is 10.0 Å². The van der Waals surface area contributed by atoms with E-state index in [1.165, 1.54) is 32.2 Å². The number of rotatable bonds is 6. The van der Waals surface area contributed by atoms with E-state index >= 15 is 0 Å². The zero-order valence-corrected chi connectivity index (χ0v) is 25.3. The summed E-state index contributed by atoms with van der Waals surface area (Å²) in [6, 6.07) is 25.3. The maximum atomic E-state index is 14.5. The average Bonchev–Trinajstić information content (AvgIpc) is 3.31. The van der Waals surface area contributed by atoms with Crippen LogP contribution < -0.4 is 4.74 Å². The van der Waals surface area contributed by atoms with Crippen LogP contribution in [0.25, 0.3) is 0 Å². The molecule has 3 aliphatic carbocycles. The Hall–Kier alpha value is -4.46. The molecular formula is C35H26Cl2N2O5. The molecule has 4 aliphatic rings. The lowest BCUT2D eigenvalue weighted by Gasteiger charge is -2.45. The fourth-order valence-electron chi connectivity index (χ4n) is 7.18. The van der Waals surface area contributed by atoms with Gasteiger partial charge in [-0.3, -0.25) is 19.2 Å². The summed E-state index contributed by atoms with van der Waals surface area (Å²) in [7, 11) is 1.52. The highest BCUT2D eigenvalue weighted by molar-refractivity contribution is 6.42. The molecule has 9 heteroatoms. The summed E-state index contributed by atoms with van der Waals surface area (Å²) in [6.07, 6.45) is 0. The van der Waals surface area contributed by atoms with Crippen LogP contribution in [0.15, 0.2) is 91.0 Å². The molecule has 4 aromatic carbocycles. The van der Waals surface area contributed by atoms with Crippen LogP contribution in [-0.2, 0) is 9.59 Å². The first-order valence-electron chi connectivity index (χ1n) is 14.2. The van der Waals surface area contributed by atoms with Crippen molar-refractivity contribution in [2.75, 3.05) is 7.11 Å². The molecule has 44 heavy (non-hydrogen) atoms. The number of Topliss-reactive ketones (excluding diaryl/α,β-unsaturated/α-hetero) is 1. The predicted molar refractivity (Wildman–Crippen MR) is 165 cm³/mol. The number of hydrazine groups is 1. The minimum atomic E-state index is -1.22. The Morgan fingerprint density at radius 1 is 0.727 bits per heavy atom. The topological polar surface area (TPSA) is 84.0 Å². The largest absolute Gasteiger partial charge is 0.497 e. The third kappa shape index (κ3) is 4.10. The molecule has 1 saturated heterocycles. The molecule has 3 amide bonds. The summed E-state index contributed by atoms with van der Waals surface area (Å²) in [4.78, 5) is 57.3. The van der Waals surface area contributed by atoms with Crippen LogP contribution in [0.2, 0.25) is 10.0 Å². The maximum Gasteiger partial charge on any atom is 0.273 e. The van der Waals surface area contributed by atoms with Gasteiger partial charge in [0.25, 0.3) is 17.7 Å². The van der Waals surface area contributed by atoms with Crippen LogP contribution >= 0.6 is 23.2 Å². The molecule has 0 spiro atoms. The third-order valence-electron chi connectivity index (χ3n) is 9.14. The van der Waals surface area contributed by atoms with Gasteiger partial charge in [0.05, 0.1) is 29.0 Å². The lowest BCUT2D eigenvalue weighted by Crippen LogP contribution is -2.56. The van der Waals surface area contributed by atoms with E-state index in [2.05, 4.69) is 0 Å². The SMILES string of the molecule is COc1ccc(C(=O)[C@H](C)N(C(=O)c2ccc(Cl)c(Cl)c2)N2C(=O)[C@@H]3C4c5ccccc5C(c5ccccc54)[C@@H]3C2=O)cc1. The highest BCUT2D eigenvalue weighted by atomic mass is 35.5. The third-order valence-corrected chi connectivity index (χ3v) is 9.88. The number of benzene rings is 4. The second-order valence-corrected chi connectivity index (χ2v) is 12.1. The van der Waals surface area contributed by atoms with Gasteiger partial charge in [-0.15, -0.1) is 0 Å². The number of hydrogen-bond donors (Lipinski definition) is 0. The monoisotopic (exact) mass is 624 g/mol. The lowest BCUT2D eigenvalue weighted by molar-refractivity contribution is -0.156. The summed E-state index contributed by atoms with van der Waals surface area (Å²) >= 11 is 12.4. The summed E-state index contributed by atoms with van der Waals surface area (Å²) in [5, 5.41) is 2.29. The van der Waals surface area contributed by atoms with Crippen molar-refractivity contribution >= 4 is 46.7 Å². The highest BCUT2D eigenvalue weighted by Crippen LogP contribution is 2.61. The van der Waals surface area contributed by atoms with Crippen molar-refractivity contribution in [1.29, 1.82) is 0 Å². The number of imide groups is 1. The van der Waals surface area contributed by atoms with Gasteiger partial charge in [0.15, 0.2) is 5.78 Å². The van der Waals surface area contributed by atoms with Gasteiger partial charge in [0.2, 0.25) is 0 Å². The minimum absolute atomic E-state index is 0.0822. The maximum absolute atomic E-state index is 14.5. The second-order valence-electron chi connectivity index (χ2n) is 11.3. The summed E-state index contributed by atoms with van der Waals surface area (Å²) in [6.45, 7) is 1.52. The van der Waals surface area contributed by atoms with E-state index in [0.717, 1.165) is 32.3 Å². The van der Waals surface area contributed by atoms with Crippen LogP contribution in [0, 0.1) is 11.8 Å². The van der Waals surface area contributed by atoms with Gasteiger partial charge in [-0.05, 0) is 71.6 Å². The van der Waals surface area contributed by atoms with Gasteiger partial charge in [0, 0.05) is 23.0 Å². The quantitative estimate of drug-likeness (QED) is 0.180. The Kier molecular flexibility index (Phi) is 6.83. The van der Waals surface area contributed by atoms with E-state index in [4.69, 9.17) is 27.9 Å². The van der Waals surface area contributed by atoms with Crippen molar-refractivity contribution < 1.29 is 23.9 Å². The van der Waals surface area contributed by atoms with Crippen LogP contribution in [0.5, 0.6) is 5.75 Å². The molecule has 4 aromatic rings. The molecule has 3 atom stereocenters. The minimum Gasteiger partial charge on any atom is -0.497 e. The number of ether oxygens (including phenoxy) is 1. The molecule has 0 unspecified atom stereocenters. The van der Waals surface area contributed by atoms with E-state index in [0.29, 0.717) is 11.3 Å². The number of carbonyl (C=O) groups excluding carboxylic acids is 4. The van der Waals surface area contributed by atoms with E-state index in [1.807, 2.05) is 48.5 Å². The Labute approximate surface area is 263 Å². The normalized spacial score (nSPS) is 21.8. The molecule has 0 saturated carbocycles. The molecule has 1 fully saturated rings. The van der Waals surface area contributed by atoms with E-state index in [1.54, 1.807) is 24.3 Å². The summed E-state index contributed by atoms with van der Waals surface area (Å²) in [5.74, 6) is -3.84. The van der Waals surface area contributed by atoms with Crippen LogP contribution in [-0.4, -0.2) is 46.7 Å². The molecule has 220 valence electrons. The van der Waals surface area contributed by atoms with Crippen molar-refractivity contribution in [3.63, 3.8) is 0 Å². The van der Waals surface area contributed by atoms with E-state index in [9.17, 15) is 19.2 Å². The van der Waals surface area contributed by atoms with Crippen molar-refractivity contribution in [2.24, 2.45) is 11.8 Å². The Morgan fingerprint density at radius 3 is 1.66 bits per heavy atom. The van der Waals surface area contributed by atoms with Gasteiger partial charge < -0.3 is 4.74 Å². The van der Waals surface area contributed by atoms with Crippen LogP contribution in [0.3, 0.4) is 0 Å². The van der Waals surface area contributed by atoms with Crippen molar-refractivity contribution in [2.45, 2.75) is 24.8 Å². The van der Waals surface area contributed by atoms with Gasteiger partial charge in [0.1, 0.15) is 11.8 Å². The molecular weight excluding hydrogens is 599 g/mol. The molecule has 0 N–H and O–H groups in total. The molecule has 1 heterocycles. The van der Waals surface area contributed by atoms with Gasteiger partial charge in [-0.2, -0.15) is 5.01 Å². The summed E-state index contributed by atoms with van der Waals surface area (Å²) in [5.41, 5.74) is 4.39. The number of halogens is 2. The fraction of sp³-hybridized carbons (Fsp3) is 0.200. The first-order valence-corrected chi connectivity index (χ1v) is 15.0. The Morgan fingerprint density at radius 2 is 1.20 bits per heavy atom. The summed E-state index contributed by atoms with van der Waals surface area (Å²) < 4.78 is 5.22. The molecule has 2 bridgehead atoms. The predicted octanol–water partition coefficient (Wildman–Crippen LogP) is 6.52. The first-order chi connectivity index (χ1) is 21.2. The van der Waals surface area contributed by atoms with Gasteiger partial charge in [-0.1, -0.05) is 71.7 Å². The van der Waals surface area contributed by atoms with Crippen molar-refractivity contribution in [3.8, 4) is 5.75 Å². The highest BCUT2D eigenvalue weighted by Gasteiger charge is 2.63. The van der Waals surface area contributed by atoms with Gasteiger partial charge >= 0.3 is 0 Å². The number of hydrogen-bond acceptors (Lipinski definition) is 5. The zero-order chi connectivity index (χ0) is 30.9. The van der Waals surface area contributed by atoms with Crippen LogP contribution in [0.4, 0.5) is 0 Å². The molecule has 8 rings (SSSR count). The second kappa shape index (κ2) is 10.6. The number of amides is 3. The number of ketones is 1. The Bertz CT molecular complexity index is 1760. The van der Waals surface area contributed by atoms with Crippen LogP contribution in [0.1, 0.15) is 61.7 Å². The van der Waals surface area contributed by atoms with Crippen molar-refractivity contribution in [3.05, 3.63) is 134 Å². The van der Waals surface area contributed by atoms with Gasteiger partial charge in [-0.25, -0.2) is 5.01 Å². The first kappa shape index (κ1) is 28.3. The fourth-order valence-corrected chi connectivity index (χ4v) is 7.48. The van der Waals surface area contributed by atoms with E-state index < -0.39 is 41.4 Å². The number of nitrogens with zero attached hydrogens (tertiary/aromatic N) is 2. The smallest absolute Gasteiger partial charge is 0.273 e. The molecule has 7 nitrogen and oxygen atoms in total. The zero-order valence-electron chi connectivity index (χ0n) is 23.7. The standard InChI is InChI=1S/C35H26Cl2N2O5/c1-18(32(40)19-11-14-21(44-2)15-12-19)38(33(41)20-13-16-26(36)27(37)17-20)39-34(42)30-28-22-7-3-4-8-23(22)29(31(30)35(39)43)25-10-6-5-9-24(25)28/h3-18,28-31H,1-2H3/t18-,28?,29?,30-,31+/m0/s1. The number of carbonyl (C=O) groups is 4. The average molecular weight is 626 g/mol.